The van der Waals surface area contributed by atoms with Gasteiger partial charge in [0, 0.05) is 11.6 Å². The van der Waals surface area contributed by atoms with Gasteiger partial charge in [0.2, 0.25) is 5.82 Å². The fourth-order valence-corrected chi connectivity index (χ4v) is 2.03. The van der Waals surface area contributed by atoms with Crippen molar-refractivity contribution in [2.24, 2.45) is 0 Å². The molecular weight excluding hydrogens is 282 g/mol. The lowest BCUT2D eigenvalue weighted by atomic mass is 10.0. The third-order valence-electron chi connectivity index (χ3n) is 3.16. The van der Waals surface area contributed by atoms with E-state index in [1.165, 1.54) is 12.6 Å². The number of carbonyl (C=O) groups excluding carboxylic acids is 1. The molecule has 110 valence electrons. The number of H-pyrrole nitrogens is 1. The molecule has 22 heavy (non-hydrogen) atoms. The van der Waals surface area contributed by atoms with Crippen LogP contribution in [0.25, 0.3) is 17.1 Å². The Morgan fingerprint density at radius 2 is 2.05 bits per heavy atom. The minimum absolute atomic E-state index is 0.0636. The molecule has 0 aliphatic carbocycles. The van der Waals surface area contributed by atoms with E-state index in [0.29, 0.717) is 11.3 Å². The molecule has 1 aromatic carbocycles. The van der Waals surface area contributed by atoms with Gasteiger partial charge >= 0.3 is 0 Å². The number of aromatic amines is 1. The molecule has 0 unspecified atom stereocenters. The van der Waals surface area contributed by atoms with Gasteiger partial charge in [0.15, 0.2) is 11.5 Å². The molecule has 0 atom stereocenters. The number of rotatable bonds is 4. The minimum Gasteiger partial charge on any atom is -0.504 e. The highest BCUT2D eigenvalue weighted by molar-refractivity contribution is 6.10. The number of aryl methyl sites for hydroxylation is 1. The molecule has 0 aliphatic heterocycles. The van der Waals surface area contributed by atoms with Crippen molar-refractivity contribution in [1.29, 1.82) is 0 Å². The third-order valence-corrected chi connectivity index (χ3v) is 3.16. The van der Waals surface area contributed by atoms with Crippen LogP contribution in [0.15, 0.2) is 53.4 Å². The number of nitrogens with one attached hydrogen (secondary N) is 1. The number of aliphatic hydroxyl groups excluding tert-OH is 1. The summed E-state index contributed by atoms with van der Waals surface area (Å²) < 4.78 is 5.41. The molecule has 0 amide bonds. The summed E-state index contributed by atoms with van der Waals surface area (Å²) in [6.45, 7) is 1.98. The first-order valence-electron chi connectivity index (χ1n) is 6.61. The summed E-state index contributed by atoms with van der Waals surface area (Å²) in [6, 6.07) is 9.20. The van der Waals surface area contributed by atoms with Crippen molar-refractivity contribution in [2.45, 2.75) is 6.92 Å². The molecule has 6 heteroatoms. The number of aliphatic hydroxyl groups is 1. The standard InChI is InChI=1S/C16H13N3O3/c1-10-2-4-11(5-3-10)15-12(6-7-22-15)13(20)8-14(21)16-17-9-18-19-16/h2-9,21H,1H3,(H,17,18,19). The Morgan fingerprint density at radius 3 is 2.73 bits per heavy atom. The molecule has 0 bridgehead atoms. The Kier molecular flexibility index (Phi) is 3.57. The number of allylic oxidation sites excluding steroid dienone is 1. The lowest BCUT2D eigenvalue weighted by molar-refractivity contribution is 0.104. The number of furan rings is 1. The van der Waals surface area contributed by atoms with E-state index in [-0.39, 0.29) is 17.4 Å². The van der Waals surface area contributed by atoms with E-state index in [9.17, 15) is 9.90 Å². The molecule has 2 N–H and O–H groups in total. The van der Waals surface area contributed by atoms with Crippen LogP contribution in [-0.2, 0) is 0 Å². The van der Waals surface area contributed by atoms with Crippen molar-refractivity contribution < 1.29 is 14.3 Å². The maximum atomic E-state index is 12.3. The Labute approximate surface area is 126 Å². The van der Waals surface area contributed by atoms with Crippen LogP contribution in [0.2, 0.25) is 0 Å². The molecule has 2 heterocycles. The maximum Gasteiger partial charge on any atom is 0.215 e. The highest BCUT2D eigenvalue weighted by atomic mass is 16.3. The van der Waals surface area contributed by atoms with Crippen molar-refractivity contribution >= 4 is 11.5 Å². The first-order chi connectivity index (χ1) is 10.6. The number of ketones is 1. The van der Waals surface area contributed by atoms with Gasteiger partial charge in [0.25, 0.3) is 0 Å². The summed E-state index contributed by atoms with van der Waals surface area (Å²) >= 11 is 0. The second-order valence-electron chi connectivity index (χ2n) is 4.75. The SMILES string of the molecule is Cc1ccc(-c2occc2C(=O)C=C(O)c2nc[nH]n2)cc1. The molecule has 0 radical (unpaired) electrons. The number of benzene rings is 1. The second-order valence-corrected chi connectivity index (χ2v) is 4.75. The molecule has 2 aromatic heterocycles. The van der Waals surface area contributed by atoms with Crippen molar-refractivity contribution in [3.05, 3.63) is 65.9 Å². The second kappa shape index (κ2) is 5.69. The molecule has 3 rings (SSSR count). The van der Waals surface area contributed by atoms with Crippen molar-refractivity contribution in [3.8, 4) is 11.3 Å². The van der Waals surface area contributed by atoms with Crippen LogP contribution >= 0.6 is 0 Å². The van der Waals surface area contributed by atoms with Gasteiger partial charge in [-0.15, -0.1) is 0 Å². The van der Waals surface area contributed by atoms with Crippen LogP contribution in [-0.4, -0.2) is 26.1 Å². The predicted molar refractivity (Wildman–Crippen MR) is 80.2 cm³/mol. The van der Waals surface area contributed by atoms with E-state index < -0.39 is 0 Å². The zero-order chi connectivity index (χ0) is 15.5. The van der Waals surface area contributed by atoms with Gasteiger partial charge in [-0.25, -0.2) is 4.98 Å². The van der Waals surface area contributed by atoms with Gasteiger partial charge in [-0.1, -0.05) is 29.8 Å². The monoisotopic (exact) mass is 295 g/mol. The fourth-order valence-electron chi connectivity index (χ4n) is 2.03. The van der Waals surface area contributed by atoms with E-state index in [4.69, 9.17) is 4.42 Å². The molecule has 3 aromatic rings. The van der Waals surface area contributed by atoms with Crippen LogP contribution in [0.1, 0.15) is 21.7 Å². The van der Waals surface area contributed by atoms with Gasteiger partial charge in [0.05, 0.1) is 11.8 Å². The number of aromatic nitrogens is 3. The Balaban J connectivity index is 1.93. The van der Waals surface area contributed by atoms with Crippen molar-refractivity contribution in [3.63, 3.8) is 0 Å². The normalized spacial score (nSPS) is 11.6. The summed E-state index contributed by atoms with van der Waals surface area (Å²) in [4.78, 5) is 16.1. The first kappa shape index (κ1) is 13.8. The zero-order valence-electron chi connectivity index (χ0n) is 11.8. The Bertz CT molecular complexity index is 815. The van der Waals surface area contributed by atoms with E-state index in [1.807, 2.05) is 31.2 Å². The Hall–Kier alpha value is -3.15. The Morgan fingerprint density at radius 1 is 1.27 bits per heavy atom. The highest BCUT2D eigenvalue weighted by Gasteiger charge is 2.16. The first-order valence-corrected chi connectivity index (χ1v) is 6.61. The third kappa shape index (κ3) is 2.67. The van der Waals surface area contributed by atoms with Crippen molar-refractivity contribution in [1.82, 2.24) is 15.2 Å². The lowest BCUT2D eigenvalue weighted by Gasteiger charge is -2.01. The predicted octanol–water partition coefficient (Wildman–Crippen LogP) is 3.15. The van der Waals surface area contributed by atoms with E-state index >= 15 is 0 Å². The van der Waals surface area contributed by atoms with E-state index in [1.54, 1.807) is 6.07 Å². The quantitative estimate of drug-likeness (QED) is 0.438. The molecule has 0 spiro atoms. The van der Waals surface area contributed by atoms with Crippen LogP contribution in [0.4, 0.5) is 0 Å². The number of carbonyl (C=O) groups is 1. The van der Waals surface area contributed by atoms with Gasteiger partial charge < -0.3 is 9.52 Å². The molecule has 0 saturated carbocycles. The van der Waals surface area contributed by atoms with Crippen LogP contribution < -0.4 is 0 Å². The zero-order valence-corrected chi connectivity index (χ0v) is 11.8. The summed E-state index contributed by atoms with van der Waals surface area (Å²) in [5.41, 5.74) is 2.28. The largest absolute Gasteiger partial charge is 0.504 e. The highest BCUT2D eigenvalue weighted by Crippen LogP contribution is 2.26. The van der Waals surface area contributed by atoms with Crippen molar-refractivity contribution in [2.75, 3.05) is 0 Å². The van der Waals surface area contributed by atoms with Crippen LogP contribution in [0, 0.1) is 6.92 Å². The van der Waals surface area contributed by atoms with Gasteiger partial charge in [-0.2, -0.15) is 5.10 Å². The number of hydrogen-bond acceptors (Lipinski definition) is 5. The molecule has 0 fully saturated rings. The topological polar surface area (TPSA) is 92.0 Å². The van der Waals surface area contributed by atoms with Crippen LogP contribution in [0.3, 0.4) is 0 Å². The van der Waals surface area contributed by atoms with Crippen LogP contribution in [0.5, 0.6) is 0 Å². The van der Waals surface area contributed by atoms with Gasteiger partial charge in [-0.05, 0) is 13.0 Å². The smallest absolute Gasteiger partial charge is 0.215 e. The minimum atomic E-state index is -0.383. The average Bonchev–Trinajstić information content (AvgIpc) is 3.19. The van der Waals surface area contributed by atoms with E-state index in [2.05, 4.69) is 15.2 Å². The maximum absolute atomic E-state index is 12.3. The average molecular weight is 295 g/mol. The van der Waals surface area contributed by atoms with Gasteiger partial charge in [-0.3, -0.25) is 9.89 Å². The summed E-state index contributed by atoms with van der Waals surface area (Å²) in [5, 5.41) is 16.0. The lowest BCUT2D eigenvalue weighted by Crippen LogP contribution is -1.98. The summed E-state index contributed by atoms with van der Waals surface area (Å²) in [5.74, 6) is -0.160. The summed E-state index contributed by atoms with van der Waals surface area (Å²) in [6.07, 6.45) is 3.84. The summed E-state index contributed by atoms with van der Waals surface area (Å²) in [7, 11) is 0. The number of hydrogen-bond donors (Lipinski definition) is 2. The molecule has 0 saturated heterocycles. The fraction of sp³-hybridized carbons (Fsp3) is 0.0625. The van der Waals surface area contributed by atoms with E-state index in [0.717, 1.165) is 17.2 Å². The van der Waals surface area contributed by atoms with Gasteiger partial charge in [0.1, 0.15) is 12.1 Å². The molecular formula is C16H13N3O3. The molecule has 6 nitrogen and oxygen atoms in total. The molecule has 0 aliphatic rings. The number of nitrogens with zero attached hydrogens (tertiary/aromatic N) is 2.